The molecular formula is C14H27N3O. The van der Waals surface area contributed by atoms with Crippen LogP contribution in [0.15, 0.2) is 0 Å². The van der Waals surface area contributed by atoms with E-state index in [9.17, 15) is 4.79 Å². The van der Waals surface area contributed by atoms with Crippen LogP contribution in [-0.4, -0.2) is 43.2 Å². The average molecular weight is 253 g/mol. The third-order valence-corrected chi connectivity index (χ3v) is 4.25. The van der Waals surface area contributed by atoms with Gasteiger partial charge in [-0.3, -0.25) is 0 Å². The smallest absolute Gasteiger partial charge is 0.317 e. The number of rotatable bonds is 4. The minimum Gasteiger partial charge on any atom is -0.335 e. The number of carbonyl (C=O) groups excluding carboxylic acids is 1. The summed E-state index contributed by atoms with van der Waals surface area (Å²) in [4.78, 5) is 13.9. The zero-order valence-electron chi connectivity index (χ0n) is 11.6. The first-order valence-electron chi connectivity index (χ1n) is 7.51. The van der Waals surface area contributed by atoms with Gasteiger partial charge in [0, 0.05) is 25.7 Å². The Hall–Kier alpha value is -0.770. The van der Waals surface area contributed by atoms with Crippen molar-refractivity contribution in [3.63, 3.8) is 0 Å². The van der Waals surface area contributed by atoms with Crippen molar-refractivity contribution in [3.05, 3.63) is 0 Å². The van der Waals surface area contributed by atoms with E-state index in [1.807, 2.05) is 11.9 Å². The lowest BCUT2D eigenvalue weighted by Crippen LogP contribution is -2.44. The molecule has 1 saturated heterocycles. The Balaban J connectivity index is 1.63. The van der Waals surface area contributed by atoms with Gasteiger partial charge in [-0.2, -0.15) is 0 Å². The van der Waals surface area contributed by atoms with E-state index >= 15 is 0 Å². The van der Waals surface area contributed by atoms with Crippen molar-refractivity contribution in [3.8, 4) is 0 Å². The number of hydrogen-bond donors (Lipinski definition) is 2. The lowest BCUT2D eigenvalue weighted by Gasteiger charge is -2.26. The predicted octanol–water partition coefficient (Wildman–Crippen LogP) is 2.10. The van der Waals surface area contributed by atoms with Gasteiger partial charge < -0.3 is 15.5 Å². The summed E-state index contributed by atoms with van der Waals surface area (Å²) in [6.07, 6.45) is 9.79. The number of amides is 2. The SMILES string of the molecule is CN(CCC1CCCN1)C(=O)NC1CCCCC1. The van der Waals surface area contributed by atoms with Crippen molar-refractivity contribution in [1.82, 2.24) is 15.5 Å². The summed E-state index contributed by atoms with van der Waals surface area (Å²) in [5, 5.41) is 6.63. The van der Waals surface area contributed by atoms with Crippen molar-refractivity contribution in [2.24, 2.45) is 0 Å². The van der Waals surface area contributed by atoms with Gasteiger partial charge in [0.15, 0.2) is 0 Å². The molecule has 0 spiro atoms. The van der Waals surface area contributed by atoms with Crippen molar-refractivity contribution in [2.45, 2.75) is 63.5 Å². The van der Waals surface area contributed by atoms with E-state index in [4.69, 9.17) is 0 Å². The van der Waals surface area contributed by atoms with E-state index < -0.39 is 0 Å². The molecule has 2 fully saturated rings. The van der Waals surface area contributed by atoms with E-state index in [-0.39, 0.29) is 6.03 Å². The molecule has 4 nitrogen and oxygen atoms in total. The molecule has 1 aliphatic carbocycles. The molecular weight excluding hydrogens is 226 g/mol. The van der Waals surface area contributed by atoms with E-state index in [2.05, 4.69) is 10.6 Å². The van der Waals surface area contributed by atoms with E-state index in [0.717, 1.165) is 32.4 Å². The zero-order valence-corrected chi connectivity index (χ0v) is 11.6. The molecule has 2 amide bonds. The first kappa shape index (κ1) is 13.7. The molecule has 104 valence electrons. The van der Waals surface area contributed by atoms with Crippen LogP contribution in [0.25, 0.3) is 0 Å². The summed E-state index contributed by atoms with van der Waals surface area (Å²) in [7, 11) is 1.91. The Bertz CT molecular complexity index is 258. The van der Waals surface area contributed by atoms with Gasteiger partial charge in [0.2, 0.25) is 0 Å². The van der Waals surface area contributed by atoms with Crippen LogP contribution < -0.4 is 10.6 Å². The second-order valence-electron chi connectivity index (χ2n) is 5.79. The van der Waals surface area contributed by atoms with Gasteiger partial charge in [-0.1, -0.05) is 19.3 Å². The molecule has 0 aromatic rings. The standard InChI is InChI=1S/C14H27N3O/c1-17(11-9-12-8-5-10-15-12)14(18)16-13-6-3-2-4-7-13/h12-13,15H,2-11H2,1H3,(H,16,18). The molecule has 2 N–H and O–H groups in total. The highest BCUT2D eigenvalue weighted by atomic mass is 16.2. The third-order valence-electron chi connectivity index (χ3n) is 4.25. The number of urea groups is 1. The Morgan fingerprint density at radius 3 is 2.67 bits per heavy atom. The molecule has 0 radical (unpaired) electrons. The van der Waals surface area contributed by atoms with Crippen molar-refractivity contribution < 1.29 is 4.79 Å². The highest BCUT2D eigenvalue weighted by Crippen LogP contribution is 2.17. The fourth-order valence-electron chi connectivity index (χ4n) is 2.99. The molecule has 0 bridgehead atoms. The Morgan fingerprint density at radius 2 is 2.00 bits per heavy atom. The molecule has 0 aromatic heterocycles. The van der Waals surface area contributed by atoms with Gasteiger partial charge in [0.1, 0.15) is 0 Å². The van der Waals surface area contributed by atoms with Gasteiger partial charge in [-0.15, -0.1) is 0 Å². The van der Waals surface area contributed by atoms with Crippen LogP contribution in [0.3, 0.4) is 0 Å². The van der Waals surface area contributed by atoms with Crippen molar-refractivity contribution in [1.29, 1.82) is 0 Å². The number of nitrogens with zero attached hydrogens (tertiary/aromatic N) is 1. The minimum atomic E-state index is 0.111. The van der Waals surface area contributed by atoms with E-state index in [1.54, 1.807) is 0 Å². The summed E-state index contributed by atoms with van der Waals surface area (Å²) < 4.78 is 0. The topological polar surface area (TPSA) is 44.4 Å². The molecule has 1 aliphatic heterocycles. The second kappa shape index (κ2) is 6.98. The van der Waals surface area contributed by atoms with Crippen LogP contribution in [0.2, 0.25) is 0 Å². The number of hydrogen-bond acceptors (Lipinski definition) is 2. The highest BCUT2D eigenvalue weighted by Gasteiger charge is 2.19. The van der Waals surface area contributed by atoms with Gasteiger partial charge in [-0.25, -0.2) is 4.79 Å². The summed E-state index contributed by atoms with van der Waals surface area (Å²) in [5.41, 5.74) is 0. The van der Waals surface area contributed by atoms with Crippen molar-refractivity contribution >= 4 is 6.03 Å². The Labute approximate surface area is 110 Å². The second-order valence-corrected chi connectivity index (χ2v) is 5.79. The molecule has 1 atom stereocenters. The van der Waals surface area contributed by atoms with Crippen LogP contribution in [0, 0.1) is 0 Å². The lowest BCUT2D eigenvalue weighted by atomic mass is 9.96. The average Bonchev–Trinajstić information content (AvgIpc) is 2.90. The zero-order chi connectivity index (χ0) is 12.8. The van der Waals surface area contributed by atoms with Crippen LogP contribution in [0.5, 0.6) is 0 Å². The van der Waals surface area contributed by atoms with Gasteiger partial charge >= 0.3 is 6.03 Å². The molecule has 2 rings (SSSR count). The first-order chi connectivity index (χ1) is 8.75. The summed E-state index contributed by atoms with van der Waals surface area (Å²) in [6.45, 7) is 2.00. The molecule has 0 aromatic carbocycles. The summed E-state index contributed by atoms with van der Waals surface area (Å²) >= 11 is 0. The fraction of sp³-hybridized carbons (Fsp3) is 0.929. The lowest BCUT2D eigenvalue weighted by molar-refractivity contribution is 0.198. The maximum Gasteiger partial charge on any atom is 0.317 e. The maximum atomic E-state index is 12.0. The summed E-state index contributed by atoms with van der Waals surface area (Å²) in [6, 6.07) is 1.15. The van der Waals surface area contributed by atoms with Gasteiger partial charge in [0.25, 0.3) is 0 Å². The normalized spacial score (nSPS) is 25.1. The third kappa shape index (κ3) is 4.16. The first-order valence-corrected chi connectivity index (χ1v) is 7.51. The quantitative estimate of drug-likeness (QED) is 0.806. The van der Waals surface area contributed by atoms with Crippen LogP contribution >= 0.6 is 0 Å². The van der Waals surface area contributed by atoms with Crippen LogP contribution in [-0.2, 0) is 0 Å². The summed E-state index contributed by atoms with van der Waals surface area (Å²) in [5.74, 6) is 0. The van der Waals surface area contributed by atoms with Gasteiger partial charge in [-0.05, 0) is 38.6 Å². The van der Waals surface area contributed by atoms with Crippen molar-refractivity contribution in [2.75, 3.05) is 20.1 Å². The molecule has 4 heteroatoms. The van der Waals surface area contributed by atoms with Crippen LogP contribution in [0.4, 0.5) is 4.79 Å². The molecule has 1 unspecified atom stereocenters. The van der Waals surface area contributed by atoms with E-state index in [1.165, 1.54) is 32.1 Å². The van der Waals surface area contributed by atoms with E-state index in [0.29, 0.717) is 12.1 Å². The molecule has 18 heavy (non-hydrogen) atoms. The molecule has 2 aliphatic rings. The monoisotopic (exact) mass is 253 g/mol. The van der Waals surface area contributed by atoms with Crippen LogP contribution in [0.1, 0.15) is 51.4 Å². The number of carbonyl (C=O) groups is 1. The molecule has 1 heterocycles. The molecule has 1 saturated carbocycles. The maximum absolute atomic E-state index is 12.0. The largest absolute Gasteiger partial charge is 0.335 e. The van der Waals surface area contributed by atoms with Gasteiger partial charge in [0.05, 0.1) is 0 Å². The highest BCUT2D eigenvalue weighted by molar-refractivity contribution is 5.74. The predicted molar refractivity (Wildman–Crippen MR) is 73.7 cm³/mol. The minimum absolute atomic E-state index is 0.111. The number of nitrogens with one attached hydrogen (secondary N) is 2. The Morgan fingerprint density at radius 1 is 1.22 bits per heavy atom. The fourth-order valence-corrected chi connectivity index (χ4v) is 2.99. The Kier molecular flexibility index (Phi) is 5.29.